The summed E-state index contributed by atoms with van der Waals surface area (Å²) in [6.07, 6.45) is 5.71. The van der Waals surface area contributed by atoms with Gasteiger partial charge in [-0.05, 0) is 55.8 Å². The summed E-state index contributed by atoms with van der Waals surface area (Å²) in [7, 11) is 0. The lowest BCUT2D eigenvalue weighted by Gasteiger charge is -2.46. The van der Waals surface area contributed by atoms with Gasteiger partial charge in [0.15, 0.2) is 0 Å². The van der Waals surface area contributed by atoms with E-state index in [1.165, 1.54) is 25.7 Å². The molecule has 2 heterocycles. The molecule has 4 bridgehead atoms. The van der Waals surface area contributed by atoms with Crippen molar-refractivity contribution in [2.45, 2.75) is 70.2 Å². The van der Waals surface area contributed by atoms with Crippen LogP contribution in [0.1, 0.15) is 52.4 Å². The molecule has 11 unspecified atom stereocenters. The van der Waals surface area contributed by atoms with Crippen molar-refractivity contribution in [2.75, 3.05) is 32.8 Å². The van der Waals surface area contributed by atoms with Crippen LogP contribution in [0.2, 0.25) is 0 Å². The zero-order valence-corrected chi connectivity index (χ0v) is 21.4. The Labute approximate surface area is 212 Å². The highest BCUT2D eigenvalue weighted by molar-refractivity contribution is 5.86. The van der Waals surface area contributed by atoms with Crippen LogP contribution >= 0.6 is 0 Å². The van der Waals surface area contributed by atoms with Crippen LogP contribution in [0.4, 0.5) is 0 Å². The SMILES string of the molecule is CC(C)C1(OC(=O)C2C3CC4C(OC(=O)C42)C3OC(=O)CN2CCOCC2)CC2CC1C1CCCC21. The Hall–Kier alpha value is -1.67. The van der Waals surface area contributed by atoms with Gasteiger partial charge < -0.3 is 18.9 Å². The van der Waals surface area contributed by atoms with Crippen LogP contribution in [-0.2, 0) is 33.3 Å². The summed E-state index contributed by atoms with van der Waals surface area (Å²) in [5.41, 5.74) is -0.431. The summed E-state index contributed by atoms with van der Waals surface area (Å²) in [5.74, 6) is 0.629. The number of rotatable bonds is 6. The van der Waals surface area contributed by atoms with Gasteiger partial charge >= 0.3 is 17.9 Å². The predicted molar refractivity (Wildman–Crippen MR) is 126 cm³/mol. The number of esters is 3. The molecule has 198 valence electrons. The van der Waals surface area contributed by atoms with E-state index in [1.54, 1.807) is 0 Å². The van der Waals surface area contributed by atoms with Crippen LogP contribution in [0.15, 0.2) is 0 Å². The Morgan fingerprint density at radius 3 is 2.64 bits per heavy atom. The van der Waals surface area contributed by atoms with E-state index in [-0.39, 0.29) is 42.2 Å². The zero-order valence-electron chi connectivity index (χ0n) is 21.4. The van der Waals surface area contributed by atoms with Crippen molar-refractivity contribution in [3.05, 3.63) is 0 Å². The second-order valence-corrected chi connectivity index (χ2v) is 13.0. The number of ether oxygens (including phenoxy) is 4. The third-order valence-electron chi connectivity index (χ3n) is 11.3. The molecule has 7 fully saturated rings. The Kier molecular flexibility index (Phi) is 5.48. The highest BCUT2D eigenvalue weighted by Crippen LogP contribution is 2.66. The lowest BCUT2D eigenvalue weighted by molar-refractivity contribution is -0.190. The number of carbonyl (C=O) groups is 3. The van der Waals surface area contributed by atoms with Gasteiger partial charge in [-0.1, -0.05) is 20.3 Å². The number of nitrogens with zero attached hydrogens (tertiary/aromatic N) is 1. The van der Waals surface area contributed by atoms with Crippen LogP contribution < -0.4 is 0 Å². The maximum Gasteiger partial charge on any atom is 0.320 e. The first-order valence-corrected chi connectivity index (χ1v) is 14.3. The van der Waals surface area contributed by atoms with Crippen molar-refractivity contribution in [3.63, 3.8) is 0 Å². The smallest absolute Gasteiger partial charge is 0.320 e. The molecule has 0 aromatic rings. The zero-order chi connectivity index (χ0) is 24.8. The van der Waals surface area contributed by atoms with Crippen molar-refractivity contribution in [3.8, 4) is 0 Å². The molecule has 8 nitrogen and oxygen atoms in total. The highest BCUT2D eigenvalue weighted by Gasteiger charge is 2.71. The van der Waals surface area contributed by atoms with Gasteiger partial charge in [0, 0.05) is 30.8 Å². The summed E-state index contributed by atoms with van der Waals surface area (Å²) in [6, 6.07) is 0. The van der Waals surface area contributed by atoms with Gasteiger partial charge in [0.25, 0.3) is 0 Å². The van der Waals surface area contributed by atoms with Gasteiger partial charge in [-0.2, -0.15) is 0 Å². The Morgan fingerprint density at radius 2 is 1.86 bits per heavy atom. The predicted octanol–water partition coefficient (Wildman–Crippen LogP) is 2.43. The average Bonchev–Trinajstić information content (AvgIpc) is 3.65. The molecule has 2 aliphatic heterocycles. The molecule has 5 saturated carbocycles. The quantitative estimate of drug-likeness (QED) is 0.405. The van der Waals surface area contributed by atoms with E-state index in [0.717, 1.165) is 12.3 Å². The van der Waals surface area contributed by atoms with E-state index >= 15 is 0 Å². The molecule has 7 rings (SSSR count). The molecule has 0 N–H and O–H groups in total. The number of hydrogen-bond donors (Lipinski definition) is 0. The first-order valence-electron chi connectivity index (χ1n) is 14.3. The molecule has 0 spiro atoms. The van der Waals surface area contributed by atoms with Crippen molar-refractivity contribution in [1.82, 2.24) is 4.90 Å². The van der Waals surface area contributed by atoms with E-state index in [0.29, 0.717) is 50.5 Å². The second kappa shape index (κ2) is 8.42. The largest absolute Gasteiger partial charge is 0.458 e. The third kappa shape index (κ3) is 3.28. The molecule has 0 aromatic heterocycles. The van der Waals surface area contributed by atoms with Gasteiger partial charge in [0.2, 0.25) is 0 Å². The fourth-order valence-corrected chi connectivity index (χ4v) is 9.89. The van der Waals surface area contributed by atoms with Crippen molar-refractivity contribution < 1.29 is 33.3 Å². The van der Waals surface area contributed by atoms with Gasteiger partial charge in [-0.25, -0.2) is 0 Å². The fourth-order valence-electron chi connectivity index (χ4n) is 9.89. The molecule has 11 atom stereocenters. The molecule has 0 radical (unpaired) electrons. The first kappa shape index (κ1) is 23.4. The average molecular weight is 502 g/mol. The molecule has 36 heavy (non-hydrogen) atoms. The van der Waals surface area contributed by atoms with Gasteiger partial charge in [-0.15, -0.1) is 0 Å². The van der Waals surface area contributed by atoms with Crippen LogP contribution in [-0.4, -0.2) is 73.5 Å². The van der Waals surface area contributed by atoms with Crippen LogP contribution in [0, 0.1) is 53.3 Å². The van der Waals surface area contributed by atoms with Crippen LogP contribution in [0.25, 0.3) is 0 Å². The normalized spacial score (nSPS) is 48.5. The van der Waals surface area contributed by atoms with Gasteiger partial charge in [0.1, 0.15) is 17.8 Å². The molecule has 0 amide bonds. The van der Waals surface area contributed by atoms with E-state index < -0.39 is 29.6 Å². The number of fused-ring (bicyclic) bond motifs is 6. The molecule has 0 aromatic carbocycles. The Morgan fingerprint density at radius 1 is 1.08 bits per heavy atom. The van der Waals surface area contributed by atoms with Crippen molar-refractivity contribution in [2.24, 2.45) is 53.3 Å². The fraction of sp³-hybridized carbons (Fsp3) is 0.893. The van der Waals surface area contributed by atoms with Crippen LogP contribution in [0.3, 0.4) is 0 Å². The summed E-state index contributed by atoms with van der Waals surface area (Å²) < 4.78 is 23.6. The van der Waals surface area contributed by atoms with Crippen LogP contribution in [0.5, 0.6) is 0 Å². The molecule has 7 aliphatic rings. The number of hydrogen-bond acceptors (Lipinski definition) is 8. The van der Waals surface area contributed by atoms with Crippen molar-refractivity contribution >= 4 is 17.9 Å². The van der Waals surface area contributed by atoms with E-state index in [4.69, 9.17) is 18.9 Å². The number of morpholine rings is 1. The van der Waals surface area contributed by atoms with Crippen molar-refractivity contribution in [1.29, 1.82) is 0 Å². The van der Waals surface area contributed by atoms with Gasteiger partial charge in [-0.3, -0.25) is 19.3 Å². The second-order valence-electron chi connectivity index (χ2n) is 13.0. The topological polar surface area (TPSA) is 91.4 Å². The van der Waals surface area contributed by atoms with E-state index in [9.17, 15) is 14.4 Å². The first-order chi connectivity index (χ1) is 17.4. The molecular formula is C28H39NO7. The Bertz CT molecular complexity index is 946. The minimum atomic E-state index is -0.573. The lowest BCUT2D eigenvalue weighted by Crippen LogP contribution is -2.52. The minimum absolute atomic E-state index is 0.0597. The molecule has 5 aliphatic carbocycles. The summed E-state index contributed by atoms with van der Waals surface area (Å²) >= 11 is 0. The molecule has 2 saturated heterocycles. The monoisotopic (exact) mass is 501 g/mol. The highest BCUT2D eigenvalue weighted by atomic mass is 16.6. The van der Waals surface area contributed by atoms with E-state index in [2.05, 4.69) is 13.8 Å². The number of carbonyl (C=O) groups excluding carboxylic acids is 3. The maximum absolute atomic E-state index is 14.0. The Balaban J connectivity index is 1.09. The lowest BCUT2D eigenvalue weighted by atomic mass is 9.68. The minimum Gasteiger partial charge on any atom is -0.458 e. The van der Waals surface area contributed by atoms with Gasteiger partial charge in [0.05, 0.1) is 31.6 Å². The molecular weight excluding hydrogens is 462 g/mol. The summed E-state index contributed by atoms with van der Waals surface area (Å²) in [4.78, 5) is 41.7. The maximum atomic E-state index is 14.0. The summed E-state index contributed by atoms with van der Waals surface area (Å²) in [6.45, 7) is 7.18. The summed E-state index contributed by atoms with van der Waals surface area (Å²) in [5, 5.41) is 0. The van der Waals surface area contributed by atoms with E-state index in [1.807, 2.05) is 4.90 Å². The third-order valence-corrected chi connectivity index (χ3v) is 11.3. The standard InChI is InChI=1S/C28H39NO7/c1-14(2)28(12-15-10-20(28)17-5-3-4-16(15)17)36-27(32)23-19-11-18-22(23)26(31)35-25(18)24(19)34-21(30)13-29-6-8-33-9-7-29/h14-20,22-25H,3-13H2,1-2H3. The molecule has 8 heteroatoms.